The largest absolute Gasteiger partial charge is 0.659 e. The minimum atomic E-state index is -0.553. The molecule has 0 radical (unpaired) electrons. The Morgan fingerprint density at radius 3 is 3.14 bits per heavy atom. The lowest BCUT2D eigenvalue weighted by Crippen LogP contribution is -2.59. The van der Waals surface area contributed by atoms with Gasteiger partial charge in [-0.05, 0) is 24.0 Å². The van der Waals surface area contributed by atoms with E-state index in [-0.39, 0.29) is 11.5 Å². The predicted octanol–water partition coefficient (Wildman–Crippen LogP) is 1.94. The third-order valence-corrected chi connectivity index (χ3v) is 5.80. The number of ether oxygens (including phenoxy) is 2. The summed E-state index contributed by atoms with van der Waals surface area (Å²) in [6.07, 6.45) is 5.24. The highest BCUT2D eigenvalue weighted by Crippen LogP contribution is 2.62. The molecule has 1 fully saturated rings. The van der Waals surface area contributed by atoms with Crippen LogP contribution >= 0.6 is 0 Å². The van der Waals surface area contributed by atoms with E-state index in [2.05, 4.69) is 12.1 Å². The fourth-order valence-corrected chi connectivity index (χ4v) is 5.03. The molecule has 2 aliphatic carbocycles. The first kappa shape index (κ1) is 12.1. The summed E-state index contributed by atoms with van der Waals surface area (Å²) in [5, 5.41) is 15.3. The molecule has 5 atom stereocenters. The van der Waals surface area contributed by atoms with Crippen LogP contribution in [0.25, 0.3) is 5.32 Å². The maximum atomic E-state index is 10.5. The Balaban J connectivity index is 1.84. The Kier molecular flexibility index (Phi) is 2.19. The van der Waals surface area contributed by atoms with Gasteiger partial charge in [0.2, 0.25) is 0 Å². The molecular formula is C17H18NO3-. The van der Waals surface area contributed by atoms with Crippen LogP contribution in [-0.2, 0) is 11.8 Å². The van der Waals surface area contributed by atoms with Crippen molar-refractivity contribution in [3.63, 3.8) is 0 Å². The van der Waals surface area contributed by atoms with Crippen molar-refractivity contribution in [1.29, 1.82) is 0 Å². The lowest BCUT2D eigenvalue weighted by atomic mass is 9.54. The zero-order valence-electron chi connectivity index (χ0n) is 12.0. The minimum absolute atomic E-state index is 0.113. The van der Waals surface area contributed by atoms with Crippen LogP contribution in [0.15, 0.2) is 24.3 Å². The zero-order valence-corrected chi connectivity index (χ0v) is 12.0. The van der Waals surface area contributed by atoms with Gasteiger partial charge in [0, 0.05) is 11.0 Å². The first-order valence-corrected chi connectivity index (χ1v) is 7.65. The van der Waals surface area contributed by atoms with Gasteiger partial charge in [0.25, 0.3) is 0 Å². The number of rotatable bonds is 1. The summed E-state index contributed by atoms with van der Waals surface area (Å²) >= 11 is 0. The molecule has 2 bridgehead atoms. The average molecular weight is 284 g/mol. The van der Waals surface area contributed by atoms with Crippen molar-refractivity contribution in [2.24, 2.45) is 5.92 Å². The molecule has 4 nitrogen and oxygen atoms in total. The van der Waals surface area contributed by atoms with Crippen molar-refractivity contribution < 1.29 is 14.6 Å². The molecule has 110 valence electrons. The summed E-state index contributed by atoms with van der Waals surface area (Å²) < 4.78 is 11.7. The Labute approximate surface area is 123 Å². The first-order valence-electron chi connectivity index (χ1n) is 7.65. The molecule has 1 aromatic rings. The van der Waals surface area contributed by atoms with Crippen LogP contribution in [0.4, 0.5) is 0 Å². The van der Waals surface area contributed by atoms with Crippen LogP contribution in [0.5, 0.6) is 11.5 Å². The summed E-state index contributed by atoms with van der Waals surface area (Å²) in [7, 11) is 1.68. The van der Waals surface area contributed by atoms with Crippen LogP contribution in [0.1, 0.15) is 17.5 Å². The third-order valence-electron chi connectivity index (χ3n) is 5.80. The van der Waals surface area contributed by atoms with E-state index in [1.807, 2.05) is 12.1 Å². The topological polar surface area (TPSA) is 52.8 Å². The van der Waals surface area contributed by atoms with Gasteiger partial charge in [-0.15, -0.1) is 12.6 Å². The van der Waals surface area contributed by atoms with Crippen LogP contribution in [0, 0.1) is 5.92 Å². The van der Waals surface area contributed by atoms with E-state index in [1.54, 1.807) is 7.11 Å². The van der Waals surface area contributed by atoms with Crippen LogP contribution in [0.3, 0.4) is 0 Å². The summed E-state index contributed by atoms with van der Waals surface area (Å²) in [5.41, 5.74) is 2.49. The van der Waals surface area contributed by atoms with Crippen molar-refractivity contribution in [1.82, 2.24) is 0 Å². The highest BCUT2D eigenvalue weighted by Gasteiger charge is 2.61. The standard InChI is InChI=1S/C17H18NO3/c1-20-13-5-2-9-8-11-10-3-4-12(19)16-17(10,6-7-18-11)14(9)15(13)21-16/h2-5,10-12,16,19H,6-8H2,1H3/q-1/t10?,11-,12+,16+,17+/m1/s1. The maximum absolute atomic E-state index is 10.5. The molecule has 0 saturated carbocycles. The van der Waals surface area contributed by atoms with Gasteiger partial charge in [0.1, 0.15) is 12.2 Å². The maximum Gasteiger partial charge on any atom is 0.165 e. The third kappa shape index (κ3) is 1.25. The van der Waals surface area contributed by atoms with Gasteiger partial charge in [0.15, 0.2) is 11.5 Å². The van der Waals surface area contributed by atoms with Gasteiger partial charge in [-0.25, -0.2) is 0 Å². The second-order valence-corrected chi connectivity index (χ2v) is 6.54. The monoisotopic (exact) mass is 284 g/mol. The second kappa shape index (κ2) is 3.81. The van der Waals surface area contributed by atoms with E-state index in [4.69, 9.17) is 14.8 Å². The van der Waals surface area contributed by atoms with Crippen molar-refractivity contribution in [2.75, 3.05) is 13.7 Å². The van der Waals surface area contributed by atoms with Crippen molar-refractivity contribution >= 4 is 0 Å². The number of hydrogen-bond donors (Lipinski definition) is 1. The number of aliphatic hydroxyl groups excluding tert-OH is 1. The molecule has 5 rings (SSSR count). The van der Waals surface area contributed by atoms with Gasteiger partial charge in [-0.2, -0.15) is 0 Å². The lowest BCUT2D eigenvalue weighted by molar-refractivity contribution is -0.00642. The molecular weight excluding hydrogens is 266 g/mol. The van der Waals surface area contributed by atoms with Crippen LogP contribution in [0.2, 0.25) is 0 Å². The predicted molar refractivity (Wildman–Crippen MR) is 78.1 cm³/mol. The average Bonchev–Trinajstić information content (AvgIpc) is 2.83. The number of methoxy groups -OCH3 is 1. The molecule has 0 amide bonds. The molecule has 1 N–H and O–H groups in total. The minimum Gasteiger partial charge on any atom is -0.659 e. The molecule has 1 unspecified atom stereocenters. The molecule has 1 saturated heterocycles. The molecule has 1 spiro atoms. The van der Waals surface area contributed by atoms with Crippen LogP contribution in [-0.4, -0.2) is 37.0 Å². The van der Waals surface area contributed by atoms with Crippen molar-refractivity contribution in [3.05, 3.63) is 40.7 Å². The van der Waals surface area contributed by atoms with Gasteiger partial charge in [0.05, 0.1) is 7.11 Å². The molecule has 21 heavy (non-hydrogen) atoms. The normalized spacial score (nSPS) is 41.4. The summed E-state index contributed by atoms with van der Waals surface area (Å²) in [5.74, 6) is 1.98. The molecule has 2 aliphatic heterocycles. The van der Waals surface area contributed by atoms with E-state index < -0.39 is 6.10 Å². The lowest BCUT2D eigenvalue weighted by Gasteiger charge is -2.59. The fourth-order valence-electron chi connectivity index (χ4n) is 5.03. The quantitative estimate of drug-likeness (QED) is 0.802. The Hall–Kier alpha value is -1.52. The van der Waals surface area contributed by atoms with Crippen LogP contribution < -0.4 is 9.47 Å². The summed E-state index contributed by atoms with van der Waals surface area (Å²) in [6.45, 7) is 0.859. The number of hydrogen-bond acceptors (Lipinski definition) is 3. The number of nitrogens with zero attached hydrogens (tertiary/aromatic N) is 1. The Bertz CT molecular complexity index is 656. The molecule has 4 heteroatoms. The molecule has 2 heterocycles. The zero-order chi connectivity index (χ0) is 14.2. The second-order valence-electron chi connectivity index (χ2n) is 6.54. The SMILES string of the molecule is COc1ccc2c3c1O[C@H]1[C@@H](O)C=CC4[C@@H](C2)[N-]CC[C@@]341. The Morgan fingerprint density at radius 1 is 1.38 bits per heavy atom. The molecule has 0 aromatic heterocycles. The van der Waals surface area contributed by atoms with Gasteiger partial charge in [-0.1, -0.05) is 24.6 Å². The van der Waals surface area contributed by atoms with E-state index >= 15 is 0 Å². The van der Waals surface area contributed by atoms with Crippen molar-refractivity contribution in [3.8, 4) is 11.5 Å². The smallest absolute Gasteiger partial charge is 0.165 e. The van der Waals surface area contributed by atoms with Crippen molar-refractivity contribution in [2.45, 2.75) is 36.5 Å². The van der Waals surface area contributed by atoms with Gasteiger partial charge in [-0.3, -0.25) is 0 Å². The Morgan fingerprint density at radius 2 is 2.29 bits per heavy atom. The molecule has 4 aliphatic rings. The van der Waals surface area contributed by atoms with E-state index in [0.717, 1.165) is 30.9 Å². The highest BCUT2D eigenvalue weighted by molar-refractivity contribution is 5.62. The van der Waals surface area contributed by atoms with Gasteiger partial charge >= 0.3 is 0 Å². The first-order chi connectivity index (χ1) is 10.3. The summed E-state index contributed by atoms with van der Waals surface area (Å²) in [4.78, 5) is 0. The number of piperidine rings is 1. The van der Waals surface area contributed by atoms with E-state index in [9.17, 15) is 5.11 Å². The number of benzene rings is 1. The van der Waals surface area contributed by atoms with Gasteiger partial charge < -0.3 is 19.9 Å². The molecule has 1 aromatic carbocycles. The fraction of sp³-hybridized carbons (Fsp3) is 0.529. The van der Waals surface area contributed by atoms with E-state index in [1.165, 1.54) is 11.1 Å². The highest BCUT2D eigenvalue weighted by atomic mass is 16.5. The summed E-state index contributed by atoms with van der Waals surface area (Å²) in [6, 6.07) is 4.46. The van der Waals surface area contributed by atoms with E-state index in [0.29, 0.717) is 12.0 Å². The number of aliphatic hydroxyl groups is 1.